The number of carboxylic acids is 1. The average Bonchev–Trinajstić information content (AvgIpc) is 2.85. The topological polar surface area (TPSA) is 88.4 Å². The Morgan fingerprint density at radius 1 is 1.36 bits per heavy atom. The number of benzene rings is 1. The molecule has 0 saturated carbocycles. The maximum Gasteiger partial charge on any atom is 0.326 e. The Morgan fingerprint density at radius 2 is 2.09 bits per heavy atom. The number of thiol groups is 1. The van der Waals surface area contributed by atoms with Crippen molar-refractivity contribution in [3.8, 4) is 0 Å². The van der Waals surface area contributed by atoms with E-state index in [2.05, 4.69) is 17.9 Å². The molecule has 0 aliphatic heterocycles. The Labute approximate surface area is 132 Å². The molecule has 0 bridgehead atoms. The van der Waals surface area contributed by atoms with Crippen LogP contribution < -0.4 is 5.32 Å². The molecule has 2 rings (SSSR count). The monoisotopic (exact) mass is 320 g/mol. The first kappa shape index (κ1) is 16.1. The molecule has 0 aliphatic carbocycles. The molecule has 1 aromatic heterocycles. The third-order valence-electron chi connectivity index (χ3n) is 3.33. The summed E-state index contributed by atoms with van der Waals surface area (Å²) >= 11 is 3.95. The number of amides is 1. The number of carboxylic acid groups (broad SMARTS) is 1. The second kappa shape index (κ2) is 7.13. The van der Waals surface area contributed by atoms with Crippen LogP contribution in [0.15, 0.2) is 30.5 Å². The van der Waals surface area contributed by atoms with Crippen LogP contribution in [0.1, 0.15) is 12.0 Å². The first-order chi connectivity index (χ1) is 10.6. The van der Waals surface area contributed by atoms with Gasteiger partial charge in [-0.15, -0.1) is 0 Å². The van der Waals surface area contributed by atoms with Crippen LogP contribution in [0.2, 0.25) is 0 Å². The largest absolute Gasteiger partial charge is 0.480 e. The second-order valence-corrected chi connectivity index (χ2v) is 5.27. The van der Waals surface area contributed by atoms with E-state index in [0.29, 0.717) is 23.2 Å². The van der Waals surface area contributed by atoms with Gasteiger partial charge in [0.15, 0.2) is 0 Å². The molecule has 1 heterocycles. The van der Waals surface area contributed by atoms with Crippen LogP contribution >= 0.6 is 12.6 Å². The Hall–Kier alpha value is -2.28. The average molecular weight is 320 g/mol. The van der Waals surface area contributed by atoms with Gasteiger partial charge >= 0.3 is 5.97 Å². The third-order valence-corrected chi connectivity index (χ3v) is 3.56. The molecular formula is C15H16N2O4S. The van der Waals surface area contributed by atoms with Crippen LogP contribution in [0.3, 0.4) is 0 Å². The number of aromatic nitrogens is 1. The summed E-state index contributed by atoms with van der Waals surface area (Å²) < 4.78 is 1.40. The fourth-order valence-electron chi connectivity index (χ4n) is 2.32. The molecule has 0 saturated heterocycles. The van der Waals surface area contributed by atoms with Crippen molar-refractivity contribution in [3.63, 3.8) is 0 Å². The van der Waals surface area contributed by atoms with Crippen LogP contribution in [0.5, 0.6) is 0 Å². The van der Waals surface area contributed by atoms with Gasteiger partial charge in [-0.25, -0.2) is 4.79 Å². The van der Waals surface area contributed by atoms with Gasteiger partial charge in [-0.3, -0.25) is 14.2 Å². The number of fused-ring (bicyclic) bond motifs is 1. The van der Waals surface area contributed by atoms with Gasteiger partial charge in [0.2, 0.25) is 12.3 Å². The predicted octanol–water partition coefficient (Wildman–Crippen LogP) is 1.11. The molecule has 6 nitrogen and oxygen atoms in total. The number of carbonyl (C=O) groups is 3. The van der Waals surface area contributed by atoms with E-state index in [0.717, 1.165) is 5.39 Å². The van der Waals surface area contributed by atoms with Crippen molar-refractivity contribution in [2.45, 2.75) is 18.9 Å². The number of carbonyl (C=O) groups excluding carboxylic acids is 2. The summed E-state index contributed by atoms with van der Waals surface area (Å²) in [6.07, 6.45) is 2.53. The molecule has 0 radical (unpaired) electrons. The standard InChI is InChI=1S/C15H16N2O4S/c18-9-17-8-10(11-3-1-2-4-13(11)17)7-12(15(20)21)16-14(19)5-6-22/h1-4,8-9,12,22H,5-7H2,(H,16,19)(H,20,21). The smallest absolute Gasteiger partial charge is 0.326 e. The normalized spacial score (nSPS) is 12.0. The zero-order chi connectivity index (χ0) is 16.1. The highest BCUT2D eigenvalue weighted by Gasteiger charge is 2.22. The molecule has 1 unspecified atom stereocenters. The summed E-state index contributed by atoms with van der Waals surface area (Å²) in [4.78, 5) is 34.0. The minimum atomic E-state index is -1.12. The lowest BCUT2D eigenvalue weighted by atomic mass is 10.0. The van der Waals surface area contributed by atoms with Gasteiger partial charge in [-0.2, -0.15) is 12.6 Å². The van der Waals surface area contributed by atoms with Crippen molar-refractivity contribution in [2.75, 3.05) is 5.75 Å². The molecule has 1 atom stereocenters. The lowest BCUT2D eigenvalue weighted by Crippen LogP contribution is -2.42. The van der Waals surface area contributed by atoms with Crippen LogP contribution in [0.4, 0.5) is 0 Å². The van der Waals surface area contributed by atoms with Crippen molar-refractivity contribution >= 4 is 41.8 Å². The first-order valence-electron chi connectivity index (χ1n) is 6.73. The van der Waals surface area contributed by atoms with E-state index in [-0.39, 0.29) is 18.7 Å². The van der Waals surface area contributed by atoms with E-state index in [1.54, 1.807) is 18.3 Å². The Kier molecular flexibility index (Phi) is 5.21. The van der Waals surface area contributed by atoms with Crippen molar-refractivity contribution in [1.29, 1.82) is 0 Å². The molecule has 0 spiro atoms. The van der Waals surface area contributed by atoms with Gasteiger partial charge in [0, 0.05) is 24.4 Å². The second-order valence-electron chi connectivity index (χ2n) is 4.82. The fraction of sp³-hybridized carbons (Fsp3) is 0.267. The van der Waals surface area contributed by atoms with Gasteiger partial charge in [0.05, 0.1) is 5.52 Å². The summed E-state index contributed by atoms with van der Waals surface area (Å²) in [5, 5.41) is 12.5. The highest BCUT2D eigenvalue weighted by molar-refractivity contribution is 7.80. The van der Waals surface area contributed by atoms with Crippen molar-refractivity contribution in [3.05, 3.63) is 36.0 Å². The molecule has 2 N–H and O–H groups in total. The maximum absolute atomic E-state index is 11.6. The molecule has 2 aromatic rings. The predicted molar refractivity (Wildman–Crippen MR) is 85.8 cm³/mol. The molecule has 7 heteroatoms. The number of rotatable bonds is 7. The zero-order valence-corrected chi connectivity index (χ0v) is 12.6. The van der Waals surface area contributed by atoms with Gasteiger partial charge < -0.3 is 10.4 Å². The van der Waals surface area contributed by atoms with Crippen molar-refractivity contribution in [1.82, 2.24) is 9.88 Å². The quantitative estimate of drug-likeness (QED) is 0.527. The van der Waals surface area contributed by atoms with E-state index in [1.807, 2.05) is 12.1 Å². The summed E-state index contributed by atoms with van der Waals surface area (Å²) in [7, 11) is 0. The van der Waals surface area contributed by atoms with Gasteiger partial charge in [-0.05, 0) is 17.4 Å². The minimum absolute atomic E-state index is 0.106. The van der Waals surface area contributed by atoms with E-state index >= 15 is 0 Å². The highest BCUT2D eigenvalue weighted by Crippen LogP contribution is 2.21. The number of hydrogen-bond acceptors (Lipinski definition) is 4. The van der Waals surface area contributed by atoms with E-state index < -0.39 is 12.0 Å². The maximum atomic E-state index is 11.6. The third kappa shape index (κ3) is 3.48. The lowest BCUT2D eigenvalue weighted by molar-refractivity contribution is -0.141. The number of hydrogen-bond donors (Lipinski definition) is 3. The Morgan fingerprint density at radius 3 is 2.73 bits per heavy atom. The van der Waals surface area contributed by atoms with Gasteiger partial charge in [-0.1, -0.05) is 18.2 Å². The summed E-state index contributed by atoms with van der Waals surface area (Å²) in [5.74, 6) is -1.13. The molecule has 1 amide bonds. The van der Waals surface area contributed by atoms with Crippen LogP contribution in [-0.4, -0.2) is 39.8 Å². The van der Waals surface area contributed by atoms with Crippen LogP contribution in [0.25, 0.3) is 10.9 Å². The van der Waals surface area contributed by atoms with Gasteiger partial charge in [0.25, 0.3) is 0 Å². The molecule has 0 aliphatic rings. The summed E-state index contributed by atoms with van der Waals surface area (Å²) in [5.41, 5.74) is 1.40. The Bertz CT molecular complexity index is 711. The summed E-state index contributed by atoms with van der Waals surface area (Å²) in [6.45, 7) is 0. The van der Waals surface area contributed by atoms with E-state index in [9.17, 15) is 19.5 Å². The molecule has 0 fully saturated rings. The molecule has 22 heavy (non-hydrogen) atoms. The van der Waals surface area contributed by atoms with Crippen molar-refractivity contribution in [2.24, 2.45) is 0 Å². The van der Waals surface area contributed by atoms with Crippen molar-refractivity contribution < 1.29 is 19.5 Å². The highest BCUT2D eigenvalue weighted by atomic mass is 32.1. The Balaban J connectivity index is 2.28. The van der Waals surface area contributed by atoms with Gasteiger partial charge in [0.1, 0.15) is 6.04 Å². The number of nitrogens with zero attached hydrogens (tertiary/aromatic N) is 1. The van der Waals surface area contributed by atoms with E-state index in [4.69, 9.17) is 0 Å². The van der Waals surface area contributed by atoms with Crippen LogP contribution in [0, 0.1) is 0 Å². The molecular weight excluding hydrogens is 304 g/mol. The molecule has 116 valence electrons. The number of para-hydroxylation sites is 1. The minimum Gasteiger partial charge on any atom is -0.480 e. The SMILES string of the molecule is O=Cn1cc(CC(NC(=O)CCS)C(=O)O)c2ccccc21. The molecule has 1 aromatic carbocycles. The summed E-state index contributed by atoms with van der Waals surface area (Å²) in [6, 6.07) is 6.17. The van der Waals surface area contributed by atoms with Crippen LogP contribution in [-0.2, 0) is 20.8 Å². The zero-order valence-electron chi connectivity index (χ0n) is 11.7. The number of aliphatic carboxylic acids is 1. The lowest BCUT2D eigenvalue weighted by Gasteiger charge is -2.13. The van der Waals surface area contributed by atoms with E-state index in [1.165, 1.54) is 4.57 Å². The fourth-order valence-corrected chi connectivity index (χ4v) is 2.52. The number of nitrogens with one attached hydrogen (secondary N) is 1. The first-order valence-corrected chi connectivity index (χ1v) is 7.36.